The van der Waals surface area contributed by atoms with Gasteiger partial charge >= 0.3 is 5.97 Å². The summed E-state index contributed by atoms with van der Waals surface area (Å²) in [5.41, 5.74) is 0.956. The molecule has 0 atom stereocenters. The van der Waals surface area contributed by atoms with E-state index in [1.807, 2.05) is 42.5 Å². The molecule has 9 heteroatoms. The van der Waals surface area contributed by atoms with E-state index >= 15 is 0 Å². The number of nitrogens with one attached hydrogen (secondary N) is 1. The third-order valence-electron chi connectivity index (χ3n) is 5.74. The van der Waals surface area contributed by atoms with Gasteiger partial charge < -0.3 is 10.1 Å². The molecule has 0 aliphatic carbocycles. The summed E-state index contributed by atoms with van der Waals surface area (Å²) in [6.07, 6.45) is 2.67. The molecule has 1 N–H and O–H groups in total. The van der Waals surface area contributed by atoms with Crippen LogP contribution in [0.5, 0.6) is 0 Å². The molecule has 0 spiro atoms. The first-order valence-corrected chi connectivity index (χ1v) is 12.9. The van der Waals surface area contributed by atoms with E-state index in [4.69, 9.17) is 16.3 Å². The third-order valence-corrected chi connectivity index (χ3v) is 7.97. The van der Waals surface area contributed by atoms with Crippen molar-refractivity contribution in [2.75, 3.05) is 25.0 Å². The fourth-order valence-corrected chi connectivity index (χ4v) is 5.71. The highest BCUT2D eigenvalue weighted by Crippen LogP contribution is 2.28. The van der Waals surface area contributed by atoms with Gasteiger partial charge in [-0.1, -0.05) is 60.5 Å². The van der Waals surface area contributed by atoms with Crippen molar-refractivity contribution in [3.05, 3.63) is 71.2 Å². The van der Waals surface area contributed by atoms with Crippen LogP contribution in [0.15, 0.2) is 65.6 Å². The molecule has 3 aromatic rings. The number of amides is 1. The van der Waals surface area contributed by atoms with Crippen LogP contribution < -0.4 is 5.32 Å². The fraction of sp³-hybridized carbons (Fsp3) is 0.280. The second-order valence-electron chi connectivity index (χ2n) is 8.13. The number of benzene rings is 3. The van der Waals surface area contributed by atoms with Gasteiger partial charge in [0.15, 0.2) is 6.61 Å². The van der Waals surface area contributed by atoms with Crippen molar-refractivity contribution in [3.63, 3.8) is 0 Å². The first-order valence-electron chi connectivity index (χ1n) is 11.1. The SMILES string of the molecule is O=C(COC(=O)Cc1cccc2ccccc12)Nc1cc(S(=O)(=O)N2CCCCC2)ccc1Cl. The van der Waals surface area contributed by atoms with E-state index in [0.29, 0.717) is 13.1 Å². The number of hydrogen-bond donors (Lipinski definition) is 1. The summed E-state index contributed by atoms with van der Waals surface area (Å²) in [6, 6.07) is 17.6. The molecule has 178 valence electrons. The summed E-state index contributed by atoms with van der Waals surface area (Å²) in [5.74, 6) is -1.15. The Bertz CT molecular complexity index is 1310. The molecule has 1 aliphatic rings. The Labute approximate surface area is 203 Å². The number of hydrogen-bond acceptors (Lipinski definition) is 5. The summed E-state index contributed by atoms with van der Waals surface area (Å²) in [5, 5.41) is 4.69. The van der Waals surface area contributed by atoms with E-state index in [-0.39, 0.29) is 22.0 Å². The van der Waals surface area contributed by atoms with Gasteiger partial charge in [-0.3, -0.25) is 9.59 Å². The van der Waals surface area contributed by atoms with Crippen LogP contribution >= 0.6 is 11.6 Å². The Kier molecular flexibility index (Phi) is 7.50. The lowest BCUT2D eigenvalue weighted by Crippen LogP contribution is -2.35. The molecule has 7 nitrogen and oxygen atoms in total. The summed E-state index contributed by atoms with van der Waals surface area (Å²) < 4.78 is 32.4. The number of anilines is 1. The minimum atomic E-state index is -3.68. The van der Waals surface area contributed by atoms with E-state index in [0.717, 1.165) is 35.6 Å². The summed E-state index contributed by atoms with van der Waals surface area (Å²) in [4.78, 5) is 24.8. The summed E-state index contributed by atoms with van der Waals surface area (Å²) >= 11 is 6.17. The van der Waals surface area contributed by atoms with E-state index in [2.05, 4.69) is 5.32 Å². The lowest BCUT2D eigenvalue weighted by atomic mass is 10.0. The topological polar surface area (TPSA) is 92.8 Å². The molecule has 0 aromatic heterocycles. The third kappa shape index (κ3) is 5.58. The number of ether oxygens (including phenoxy) is 1. The summed E-state index contributed by atoms with van der Waals surface area (Å²) in [7, 11) is -3.68. The van der Waals surface area contributed by atoms with Gasteiger partial charge in [0.05, 0.1) is 22.0 Å². The Hall–Kier alpha value is -2.94. The van der Waals surface area contributed by atoms with Crippen molar-refractivity contribution in [3.8, 4) is 0 Å². The lowest BCUT2D eigenvalue weighted by Gasteiger charge is -2.26. The molecular formula is C25H25ClN2O5S. The zero-order valence-corrected chi connectivity index (χ0v) is 20.1. The van der Waals surface area contributed by atoms with Crippen molar-refractivity contribution in [1.82, 2.24) is 4.31 Å². The van der Waals surface area contributed by atoms with Gasteiger partial charge in [0.25, 0.3) is 5.91 Å². The molecule has 1 saturated heterocycles. The minimum Gasteiger partial charge on any atom is -0.455 e. The standard InChI is InChI=1S/C25H25ClN2O5S/c26-22-12-11-20(34(31,32)28-13-4-1-5-14-28)16-23(22)27-24(29)17-33-25(30)15-19-9-6-8-18-7-2-3-10-21(18)19/h2-3,6-12,16H,1,4-5,13-15,17H2,(H,27,29). The number of rotatable bonds is 7. The van der Waals surface area contributed by atoms with E-state index in [9.17, 15) is 18.0 Å². The predicted octanol–water partition coefficient (Wildman–Crippen LogP) is 4.39. The van der Waals surface area contributed by atoms with Crippen molar-refractivity contribution >= 4 is 50.0 Å². The predicted molar refractivity (Wildman–Crippen MR) is 131 cm³/mol. The maximum atomic E-state index is 12.9. The molecular weight excluding hydrogens is 476 g/mol. The number of carbonyl (C=O) groups excluding carboxylic acids is 2. The van der Waals surface area contributed by atoms with E-state index < -0.39 is 28.5 Å². The monoisotopic (exact) mass is 500 g/mol. The molecule has 34 heavy (non-hydrogen) atoms. The molecule has 3 aromatic carbocycles. The highest BCUT2D eigenvalue weighted by atomic mass is 35.5. The van der Waals surface area contributed by atoms with Crippen molar-refractivity contribution in [1.29, 1.82) is 0 Å². The normalized spacial score (nSPS) is 14.6. The van der Waals surface area contributed by atoms with Crippen LogP contribution in [0.3, 0.4) is 0 Å². The first kappa shape index (κ1) is 24.2. The van der Waals surface area contributed by atoms with Crippen molar-refractivity contribution < 1.29 is 22.7 Å². The Morgan fingerprint density at radius 2 is 1.71 bits per heavy atom. The number of fused-ring (bicyclic) bond motifs is 1. The minimum absolute atomic E-state index is 0.0267. The van der Waals surface area contributed by atoms with Gasteiger partial charge in [0, 0.05) is 13.1 Å². The zero-order valence-electron chi connectivity index (χ0n) is 18.5. The molecule has 4 rings (SSSR count). The molecule has 0 saturated carbocycles. The number of nitrogens with zero attached hydrogens (tertiary/aromatic N) is 1. The fourth-order valence-electron chi connectivity index (χ4n) is 4.00. The van der Waals surface area contributed by atoms with E-state index in [1.165, 1.54) is 22.5 Å². The number of halogens is 1. The van der Waals surface area contributed by atoms with E-state index in [1.54, 1.807) is 0 Å². The second kappa shape index (κ2) is 10.5. The molecule has 0 bridgehead atoms. The number of sulfonamides is 1. The molecule has 0 unspecified atom stereocenters. The molecule has 1 heterocycles. The largest absolute Gasteiger partial charge is 0.455 e. The highest BCUT2D eigenvalue weighted by Gasteiger charge is 2.26. The maximum absolute atomic E-state index is 12.9. The van der Waals surface area contributed by atoms with Gasteiger partial charge in [-0.15, -0.1) is 0 Å². The lowest BCUT2D eigenvalue weighted by molar-refractivity contribution is -0.146. The number of carbonyl (C=O) groups is 2. The number of piperidine rings is 1. The average molecular weight is 501 g/mol. The molecule has 1 amide bonds. The maximum Gasteiger partial charge on any atom is 0.310 e. The van der Waals surface area contributed by atoms with Crippen molar-refractivity contribution in [2.24, 2.45) is 0 Å². The Morgan fingerprint density at radius 1 is 0.971 bits per heavy atom. The molecule has 0 radical (unpaired) electrons. The second-order valence-corrected chi connectivity index (χ2v) is 10.5. The first-order chi connectivity index (χ1) is 16.3. The van der Waals surface area contributed by atoms with Crippen LogP contribution in [0.25, 0.3) is 10.8 Å². The Balaban J connectivity index is 1.38. The van der Waals surface area contributed by atoms with Gasteiger partial charge in [-0.2, -0.15) is 4.31 Å². The van der Waals surface area contributed by atoms with Crippen LogP contribution in [-0.2, 0) is 30.8 Å². The van der Waals surface area contributed by atoms with Crippen LogP contribution in [0, 0.1) is 0 Å². The van der Waals surface area contributed by atoms with Crippen LogP contribution in [0.4, 0.5) is 5.69 Å². The number of esters is 1. The van der Waals surface area contributed by atoms with Gasteiger partial charge in [0.1, 0.15) is 0 Å². The van der Waals surface area contributed by atoms with Crippen LogP contribution in [-0.4, -0.2) is 44.3 Å². The zero-order chi connectivity index (χ0) is 24.1. The van der Waals surface area contributed by atoms with Gasteiger partial charge in [-0.05, 0) is 47.4 Å². The summed E-state index contributed by atoms with van der Waals surface area (Å²) in [6.45, 7) is 0.432. The van der Waals surface area contributed by atoms with Crippen LogP contribution in [0.1, 0.15) is 24.8 Å². The smallest absolute Gasteiger partial charge is 0.310 e. The molecule has 1 aliphatic heterocycles. The van der Waals surface area contributed by atoms with Gasteiger partial charge in [0.2, 0.25) is 10.0 Å². The van der Waals surface area contributed by atoms with Gasteiger partial charge in [-0.25, -0.2) is 8.42 Å². The van der Waals surface area contributed by atoms with Crippen LogP contribution in [0.2, 0.25) is 5.02 Å². The average Bonchev–Trinajstić information content (AvgIpc) is 2.85. The van der Waals surface area contributed by atoms with Crippen molar-refractivity contribution in [2.45, 2.75) is 30.6 Å². The molecule has 1 fully saturated rings. The Morgan fingerprint density at radius 3 is 2.50 bits per heavy atom. The quantitative estimate of drug-likeness (QED) is 0.485. The highest BCUT2D eigenvalue weighted by molar-refractivity contribution is 7.89.